The second-order valence-corrected chi connectivity index (χ2v) is 4.06. The minimum Gasteiger partial charge on any atom is -0.477 e. The monoisotopic (exact) mass is 258 g/mol. The fourth-order valence-corrected chi connectivity index (χ4v) is 1.71. The first-order valence-corrected chi connectivity index (χ1v) is 5.83. The van der Waals surface area contributed by atoms with Crippen molar-refractivity contribution in [2.24, 2.45) is 0 Å². The summed E-state index contributed by atoms with van der Waals surface area (Å²) in [4.78, 5) is 24.9. The molecule has 0 atom stereocenters. The molecule has 0 saturated heterocycles. The molecule has 2 rings (SSSR count). The van der Waals surface area contributed by atoms with E-state index in [4.69, 9.17) is 5.11 Å². The minimum absolute atomic E-state index is 0.103. The van der Waals surface area contributed by atoms with Crippen molar-refractivity contribution < 1.29 is 9.90 Å². The van der Waals surface area contributed by atoms with Crippen LogP contribution in [0.2, 0.25) is 0 Å². The SMILES string of the molecule is CN(CCc1ccccn1)c1ncncc1C(=O)O. The molecule has 0 amide bonds. The molecule has 2 heterocycles. The van der Waals surface area contributed by atoms with Crippen LogP contribution in [0, 0.1) is 0 Å². The summed E-state index contributed by atoms with van der Waals surface area (Å²) in [6.07, 6.45) is 5.12. The normalized spacial score (nSPS) is 10.2. The number of carboxylic acid groups (broad SMARTS) is 1. The van der Waals surface area contributed by atoms with Gasteiger partial charge in [-0.3, -0.25) is 4.98 Å². The standard InChI is InChI=1S/C13H14N4O2/c1-17(7-5-10-4-2-3-6-15-10)12-11(13(18)19)8-14-9-16-12/h2-4,6,8-9H,5,7H2,1H3,(H,18,19). The van der Waals surface area contributed by atoms with Crippen LogP contribution in [0.5, 0.6) is 0 Å². The highest BCUT2D eigenvalue weighted by atomic mass is 16.4. The minimum atomic E-state index is -1.03. The molecule has 0 fully saturated rings. The maximum absolute atomic E-state index is 11.1. The third kappa shape index (κ3) is 3.25. The van der Waals surface area contributed by atoms with Crippen LogP contribution in [0.25, 0.3) is 0 Å². The van der Waals surface area contributed by atoms with Gasteiger partial charge in [0.05, 0.1) is 0 Å². The molecule has 1 N–H and O–H groups in total. The molecule has 98 valence electrons. The van der Waals surface area contributed by atoms with E-state index in [-0.39, 0.29) is 5.56 Å². The van der Waals surface area contributed by atoms with Gasteiger partial charge in [0.2, 0.25) is 0 Å². The van der Waals surface area contributed by atoms with Gasteiger partial charge in [-0.2, -0.15) is 0 Å². The summed E-state index contributed by atoms with van der Waals surface area (Å²) in [6, 6.07) is 5.72. The number of aromatic carboxylic acids is 1. The Morgan fingerprint density at radius 1 is 1.37 bits per heavy atom. The number of likely N-dealkylation sites (N-methyl/N-ethyl adjacent to an activating group) is 1. The molecular weight excluding hydrogens is 244 g/mol. The molecule has 0 saturated carbocycles. The van der Waals surface area contributed by atoms with Crippen LogP contribution in [0.3, 0.4) is 0 Å². The number of hydrogen-bond acceptors (Lipinski definition) is 5. The molecule has 0 aromatic carbocycles. The smallest absolute Gasteiger partial charge is 0.341 e. The van der Waals surface area contributed by atoms with Crippen molar-refractivity contribution in [1.29, 1.82) is 0 Å². The Kier molecular flexibility index (Phi) is 4.02. The van der Waals surface area contributed by atoms with Crippen LogP contribution in [-0.2, 0) is 6.42 Å². The lowest BCUT2D eigenvalue weighted by Crippen LogP contribution is -2.24. The Bertz CT molecular complexity index is 560. The number of hydrogen-bond donors (Lipinski definition) is 1. The van der Waals surface area contributed by atoms with Gasteiger partial charge in [-0.1, -0.05) is 6.07 Å². The summed E-state index contributed by atoms with van der Waals surface area (Å²) >= 11 is 0. The predicted octanol–water partition coefficient (Wildman–Crippen LogP) is 1.25. The Balaban J connectivity index is 2.08. The maximum Gasteiger partial charge on any atom is 0.341 e. The molecule has 0 aliphatic heterocycles. The third-order valence-corrected chi connectivity index (χ3v) is 2.71. The Labute approximate surface area is 110 Å². The van der Waals surface area contributed by atoms with E-state index < -0.39 is 5.97 Å². The van der Waals surface area contributed by atoms with E-state index in [1.54, 1.807) is 18.1 Å². The van der Waals surface area contributed by atoms with E-state index in [1.807, 2.05) is 18.2 Å². The first-order valence-electron chi connectivity index (χ1n) is 5.83. The summed E-state index contributed by atoms with van der Waals surface area (Å²) in [5.41, 5.74) is 1.06. The first-order chi connectivity index (χ1) is 9.18. The summed E-state index contributed by atoms with van der Waals surface area (Å²) in [5.74, 6) is -0.612. The highest BCUT2D eigenvalue weighted by Crippen LogP contribution is 2.14. The molecule has 6 heteroatoms. The van der Waals surface area contributed by atoms with Gasteiger partial charge < -0.3 is 10.0 Å². The Morgan fingerprint density at radius 3 is 2.89 bits per heavy atom. The molecule has 2 aromatic rings. The van der Waals surface area contributed by atoms with Crippen molar-refractivity contribution in [3.05, 3.63) is 48.2 Å². The van der Waals surface area contributed by atoms with E-state index in [2.05, 4.69) is 15.0 Å². The third-order valence-electron chi connectivity index (χ3n) is 2.71. The first kappa shape index (κ1) is 12.9. The average Bonchev–Trinajstić information content (AvgIpc) is 2.46. The number of carboxylic acids is 1. The van der Waals surface area contributed by atoms with Gasteiger partial charge in [0.15, 0.2) is 0 Å². The zero-order chi connectivity index (χ0) is 13.7. The molecule has 6 nitrogen and oxygen atoms in total. The fourth-order valence-electron chi connectivity index (χ4n) is 1.71. The molecule has 0 spiro atoms. The fraction of sp³-hybridized carbons (Fsp3) is 0.231. The van der Waals surface area contributed by atoms with Gasteiger partial charge in [-0.05, 0) is 12.1 Å². The van der Waals surface area contributed by atoms with Crippen LogP contribution >= 0.6 is 0 Å². The van der Waals surface area contributed by atoms with E-state index in [0.717, 1.165) is 12.1 Å². The van der Waals surface area contributed by atoms with Gasteiger partial charge in [0.1, 0.15) is 17.7 Å². The molecule has 0 radical (unpaired) electrons. The number of nitrogens with zero attached hydrogens (tertiary/aromatic N) is 4. The second kappa shape index (κ2) is 5.90. The Hall–Kier alpha value is -2.50. The largest absolute Gasteiger partial charge is 0.477 e. The summed E-state index contributed by atoms with van der Waals surface area (Å²) in [5, 5.41) is 9.08. The molecule has 0 bridgehead atoms. The van der Waals surface area contributed by atoms with Crippen LogP contribution < -0.4 is 4.90 Å². The summed E-state index contributed by atoms with van der Waals surface area (Å²) < 4.78 is 0. The average molecular weight is 258 g/mol. The van der Waals surface area contributed by atoms with E-state index >= 15 is 0 Å². The molecule has 2 aromatic heterocycles. The summed E-state index contributed by atoms with van der Waals surface area (Å²) in [6.45, 7) is 0.633. The van der Waals surface area contributed by atoms with Gasteiger partial charge in [-0.25, -0.2) is 14.8 Å². The topological polar surface area (TPSA) is 79.2 Å². The van der Waals surface area contributed by atoms with Gasteiger partial charge in [0.25, 0.3) is 0 Å². The Morgan fingerprint density at radius 2 is 2.21 bits per heavy atom. The lowest BCUT2D eigenvalue weighted by molar-refractivity contribution is 0.0696. The maximum atomic E-state index is 11.1. The predicted molar refractivity (Wildman–Crippen MR) is 70.2 cm³/mol. The van der Waals surface area contributed by atoms with Gasteiger partial charge in [-0.15, -0.1) is 0 Å². The van der Waals surface area contributed by atoms with Crippen molar-refractivity contribution in [3.8, 4) is 0 Å². The van der Waals surface area contributed by atoms with E-state index in [9.17, 15) is 4.79 Å². The quantitative estimate of drug-likeness (QED) is 0.869. The van der Waals surface area contributed by atoms with Crippen molar-refractivity contribution in [2.45, 2.75) is 6.42 Å². The van der Waals surface area contributed by atoms with Crippen molar-refractivity contribution in [3.63, 3.8) is 0 Å². The molecule has 0 aliphatic rings. The molecular formula is C13H14N4O2. The highest BCUT2D eigenvalue weighted by Gasteiger charge is 2.14. The van der Waals surface area contributed by atoms with Gasteiger partial charge >= 0.3 is 5.97 Å². The number of pyridine rings is 1. The zero-order valence-corrected chi connectivity index (χ0v) is 10.5. The van der Waals surface area contributed by atoms with E-state index in [0.29, 0.717) is 12.4 Å². The summed E-state index contributed by atoms with van der Waals surface area (Å²) in [7, 11) is 1.80. The number of anilines is 1. The van der Waals surface area contributed by atoms with Crippen LogP contribution in [0.1, 0.15) is 16.1 Å². The van der Waals surface area contributed by atoms with E-state index in [1.165, 1.54) is 12.5 Å². The lowest BCUT2D eigenvalue weighted by atomic mass is 10.2. The number of rotatable bonds is 5. The lowest BCUT2D eigenvalue weighted by Gasteiger charge is -2.19. The van der Waals surface area contributed by atoms with Crippen LogP contribution in [-0.4, -0.2) is 39.6 Å². The van der Waals surface area contributed by atoms with Crippen molar-refractivity contribution in [1.82, 2.24) is 15.0 Å². The van der Waals surface area contributed by atoms with Crippen molar-refractivity contribution in [2.75, 3.05) is 18.5 Å². The number of aromatic nitrogens is 3. The molecule has 0 aliphatic carbocycles. The second-order valence-electron chi connectivity index (χ2n) is 4.06. The number of carbonyl (C=O) groups is 1. The van der Waals surface area contributed by atoms with Crippen LogP contribution in [0.15, 0.2) is 36.9 Å². The molecule has 0 unspecified atom stereocenters. The van der Waals surface area contributed by atoms with Crippen LogP contribution in [0.4, 0.5) is 5.82 Å². The van der Waals surface area contributed by atoms with Gasteiger partial charge in [0, 0.05) is 38.1 Å². The highest BCUT2D eigenvalue weighted by molar-refractivity contribution is 5.92. The molecule has 19 heavy (non-hydrogen) atoms. The zero-order valence-electron chi connectivity index (χ0n) is 10.5. The van der Waals surface area contributed by atoms with Crippen molar-refractivity contribution >= 4 is 11.8 Å².